The number of methoxy groups -OCH3 is 1. The van der Waals surface area contributed by atoms with Crippen molar-refractivity contribution in [2.45, 2.75) is 30.6 Å². The summed E-state index contributed by atoms with van der Waals surface area (Å²) in [6.07, 6.45) is 2.60. The molecule has 0 saturated heterocycles. The summed E-state index contributed by atoms with van der Waals surface area (Å²) in [7, 11) is -1.72. The highest BCUT2D eigenvalue weighted by Crippen LogP contribution is 2.44. The molecule has 1 amide bonds. The number of hydrogen-bond donors (Lipinski definition) is 1. The summed E-state index contributed by atoms with van der Waals surface area (Å²) in [4.78, 5) is 26.5. The van der Waals surface area contributed by atoms with Crippen molar-refractivity contribution in [2.24, 2.45) is 0 Å². The quantitative estimate of drug-likeness (QED) is 0.697. The van der Waals surface area contributed by atoms with Crippen LogP contribution in [0.5, 0.6) is 5.75 Å². The minimum Gasteiger partial charge on any atom is -0.497 e. The monoisotopic (exact) mass is 433 g/mol. The van der Waals surface area contributed by atoms with Gasteiger partial charge >= 0.3 is 5.97 Å². The number of fused-ring (bicyclic) bond motifs is 1. The maximum atomic E-state index is 13.3. The summed E-state index contributed by atoms with van der Waals surface area (Å²) < 4.78 is 30.0. The van der Waals surface area contributed by atoms with Gasteiger partial charge in [0, 0.05) is 24.9 Å². The topological polar surface area (TPSA) is 119 Å². The lowest BCUT2D eigenvalue weighted by Crippen LogP contribution is -2.46. The lowest BCUT2D eigenvalue weighted by atomic mass is 10.0. The van der Waals surface area contributed by atoms with E-state index in [4.69, 9.17) is 4.74 Å². The normalized spacial score (nSPS) is 17.5. The van der Waals surface area contributed by atoms with E-state index >= 15 is 0 Å². The summed E-state index contributed by atoms with van der Waals surface area (Å²) in [6, 6.07) is 7.20. The first-order valence-electron chi connectivity index (χ1n) is 9.60. The van der Waals surface area contributed by atoms with Crippen LogP contribution in [-0.4, -0.2) is 71.3 Å². The van der Waals surface area contributed by atoms with Crippen LogP contribution in [0.25, 0.3) is 0 Å². The lowest BCUT2D eigenvalue weighted by molar-refractivity contribution is 0.0688. The standard InChI is InChI=1S/C20H23N3O6S/c1-29-14-5-3-13(4-6-14)11-23-17-15(16(21-23)19(25)26)7-10-22(18(17)24)12-20(8-9-20)30(2,27)28/h3-6H,7-12H2,1-2H3,(H,25,26). The minimum atomic E-state index is -3.29. The molecule has 160 valence electrons. The van der Waals surface area contributed by atoms with Crippen molar-refractivity contribution in [1.82, 2.24) is 14.7 Å². The second-order valence-electron chi connectivity index (χ2n) is 7.92. The molecule has 4 rings (SSSR count). The van der Waals surface area contributed by atoms with Crippen LogP contribution in [-0.2, 0) is 22.8 Å². The molecule has 0 radical (unpaired) electrons. The van der Waals surface area contributed by atoms with Crippen LogP contribution in [0.15, 0.2) is 24.3 Å². The highest BCUT2D eigenvalue weighted by Gasteiger charge is 2.54. The summed E-state index contributed by atoms with van der Waals surface area (Å²) in [5.41, 5.74) is 1.33. The molecule has 1 aliphatic heterocycles. The van der Waals surface area contributed by atoms with Crippen molar-refractivity contribution in [2.75, 3.05) is 26.5 Å². The van der Waals surface area contributed by atoms with E-state index in [0.717, 1.165) is 5.56 Å². The Morgan fingerprint density at radius 1 is 1.27 bits per heavy atom. The average Bonchev–Trinajstić information content (AvgIpc) is 3.40. The largest absolute Gasteiger partial charge is 0.497 e. The molecule has 1 N–H and O–H groups in total. The molecule has 2 aliphatic rings. The van der Waals surface area contributed by atoms with Gasteiger partial charge in [-0.1, -0.05) is 12.1 Å². The molecule has 2 aromatic rings. The van der Waals surface area contributed by atoms with Crippen molar-refractivity contribution < 1.29 is 27.9 Å². The zero-order valence-electron chi connectivity index (χ0n) is 16.8. The molecular formula is C20H23N3O6S. The number of hydrogen-bond acceptors (Lipinski definition) is 6. The van der Waals surface area contributed by atoms with E-state index in [9.17, 15) is 23.1 Å². The number of amides is 1. The molecule has 9 nitrogen and oxygen atoms in total. The van der Waals surface area contributed by atoms with E-state index < -0.39 is 20.6 Å². The maximum absolute atomic E-state index is 13.3. The first kappa shape index (κ1) is 20.4. The number of sulfone groups is 1. The van der Waals surface area contributed by atoms with Crippen LogP contribution in [0.2, 0.25) is 0 Å². The zero-order valence-corrected chi connectivity index (χ0v) is 17.6. The Hall–Kier alpha value is -2.88. The van der Waals surface area contributed by atoms with Gasteiger partial charge in [0.1, 0.15) is 11.4 Å². The second-order valence-corrected chi connectivity index (χ2v) is 10.3. The number of benzene rings is 1. The molecule has 0 spiro atoms. The fourth-order valence-electron chi connectivity index (χ4n) is 3.95. The number of aromatic carboxylic acids is 1. The second kappa shape index (κ2) is 7.12. The van der Waals surface area contributed by atoms with Gasteiger partial charge in [-0.2, -0.15) is 5.10 Å². The zero-order chi connectivity index (χ0) is 21.7. The van der Waals surface area contributed by atoms with E-state index in [0.29, 0.717) is 30.6 Å². The number of carboxylic acid groups (broad SMARTS) is 1. The summed E-state index contributed by atoms with van der Waals surface area (Å²) in [6.45, 7) is 0.619. The van der Waals surface area contributed by atoms with Gasteiger partial charge in [0.15, 0.2) is 15.5 Å². The van der Waals surface area contributed by atoms with Crippen molar-refractivity contribution in [3.8, 4) is 5.75 Å². The van der Waals surface area contributed by atoms with Crippen LogP contribution in [0.4, 0.5) is 0 Å². The maximum Gasteiger partial charge on any atom is 0.356 e. The van der Waals surface area contributed by atoms with Gasteiger partial charge in [0.25, 0.3) is 5.91 Å². The Morgan fingerprint density at radius 3 is 2.47 bits per heavy atom. The number of carbonyl (C=O) groups excluding carboxylic acids is 1. The first-order chi connectivity index (χ1) is 14.1. The van der Waals surface area contributed by atoms with Crippen LogP contribution in [0, 0.1) is 0 Å². The Balaban J connectivity index is 1.67. The van der Waals surface area contributed by atoms with Gasteiger partial charge in [0.05, 0.1) is 18.4 Å². The number of aromatic nitrogens is 2. The summed E-state index contributed by atoms with van der Waals surface area (Å²) >= 11 is 0. The molecule has 2 heterocycles. The van der Waals surface area contributed by atoms with Gasteiger partial charge in [-0.05, 0) is 37.0 Å². The van der Waals surface area contributed by atoms with Gasteiger partial charge in [-0.15, -0.1) is 0 Å². The van der Waals surface area contributed by atoms with Crippen LogP contribution >= 0.6 is 0 Å². The van der Waals surface area contributed by atoms with E-state index in [1.807, 2.05) is 12.1 Å². The molecule has 1 saturated carbocycles. The Morgan fingerprint density at radius 2 is 1.93 bits per heavy atom. The summed E-state index contributed by atoms with van der Waals surface area (Å²) in [5, 5.41) is 13.7. The predicted molar refractivity (Wildman–Crippen MR) is 108 cm³/mol. The third-order valence-electron chi connectivity index (χ3n) is 5.94. The average molecular weight is 433 g/mol. The highest BCUT2D eigenvalue weighted by atomic mass is 32.2. The van der Waals surface area contributed by atoms with Crippen LogP contribution < -0.4 is 4.74 Å². The van der Waals surface area contributed by atoms with E-state index in [1.54, 1.807) is 19.2 Å². The van der Waals surface area contributed by atoms with Crippen LogP contribution in [0.3, 0.4) is 0 Å². The van der Waals surface area contributed by atoms with Gasteiger partial charge in [-0.25, -0.2) is 13.2 Å². The van der Waals surface area contributed by atoms with Crippen molar-refractivity contribution >= 4 is 21.7 Å². The highest BCUT2D eigenvalue weighted by molar-refractivity contribution is 7.92. The number of carboxylic acids is 1. The molecule has 30 heavy (non-hydrogen) atoms. The SMILES string of the molecule is COc1ccc(Cn2nc(C(=O)O)c3c2C(=O)N(CC2(S(C)(=O)=O)CC2)CC3)cc1. The van der Waals surface area contributed by atoms with E-state index in [-0.39, 0.29) is 36.9 Å². The molecule has 0 bridgehead atoms. The van der Waals surface area contributed by atoms with Crippen molar-refractivity contribution in [1.29, 1.82) is 0 Å². The molecule has 1 fully saturated rings. The lowest BCUT2D eigenvalue weighted by Gasteiger charge is -2.30. The third kappa shape index (κ3) is 3.45. The Labute approximate surface area is 174 Å². The Kier molecular flexibility index (Phi) is 4.84. The number of ether oxygens (including phenoxy) is 1. The fourth-order valence-corrected chi connectivity index (χ4v) is 5.18. The molecule has 0 atom stereocenters. The van der Waals surface area contributed by atoms with Crippen LogP contribution in [0.1, 0.15) is 44.9 Å². The van der Waals surface area contributed by atoms with E-state index in [2.05, 4.69) is 5.10 Å². The van der Waals surface area contributed by atoms with Gasteiger partial charge in [0.2, 0.25) is 0 Å². The predicted octanol–water partition coefficient (Wildman–Crippen LogP) is 1.21. The van der Waals surface area contributed by atoms with Crippen molar-refractivity contribution in [3.63, 3.8) is 0 Å². The fraction of sp³-hybridized carbons (Fsp3) is 0.450. The van der Waals surface area contributed by atoms with Gasteiger partial charge in [-0.3, -0.25) is 9.48 Å². The number of nitrogens with zero attached hydrogens (tertiary/aromatic N) is 3. The summed E-state index contributed by atoms with van der Waals surface area (Å²) in [5.74, 6) is -0.874. The molecule has 0 unspecified atom stereocenters. The Bertz CT molecular complexity index is 1120. The smallest absolute Gasteiger partial charge is 0.356 e. The third-order valence-corrected chi connectivity index (χ3v) is 8.05. The molecule has 10 heteroatoms. The molecular weight excluding hydrogens is 410 g/mol. The molecule has 1 aliphatic carbocycles. The number of rotatable bonds is 7. The van der Waals surface area contributed by atoms with E-state index in [1.165, 1.54) is 15.8 Å². The number of carbonyl (C=O) groups is 2. The first-order valence-corrected chi connectivity index (χ1v) is 11.5. The van der Waals surface area contributed by atoms with Crippen molar-refractivity contribution in [3.05, 3.63) is 46.8 Å². The minimum absolute atomic E-state index is 0.125. The molecule has 1 aromatic carbocycles. The molecule has 1 aromatic heterocycles. The van der Waals surface area contributed by atoms with Gasteiger partial charge < -0.3 is 14.7 Å².